The van der Waals surface area contributed by atoms with Crippen LogP contribution in [0.3, 0.4) is 0 Å². The van der Waals surface area contributed by atoms with Gasteiger partial charge in [-0.15, -0.1) is 0 Å². The highest BCUT2D eigenvalue weighted by atomic mass is 27.2. The number of aromatic nitrogens is 1. The zero-order valence-electron chi connectivity index (χ0n) is 14.5. The summed E-state index contributed by atoms with van der Waals surface area (Å²) < 4.78 is 33.2. The molecule has 3 aromatic rings. The Hall–Kier alpha value is -2.35. The molecule has 0 spiro atoms. The Morgan fingerprint density at radius 1 is 1.09 bits per heavy atom. The smallest absolute Gasteiger partial charge is 0.614 e. The average molecular weight is 309 g/mol. The molecule has 4 nitrogen and oxygen atoms in total. The molecule has 2 aromatic carbocycles. The van der Waals surface area contributed by atoms with Crippen molar-refractivity contribution in [1.82, 2.24) is 4.98 Å². The van der Waals surface area contributed by atoms with Crippen LogP contribution < -0.4 is 3.79 Å². The molecule has 0 fully saturated rings. The highest BCUT2D eigenvalue weighted by molar-refractivity contribution is 6.25. The first-order chi connectivity index (χ1) is 11.9. The molecule has 0 bridgehead atoms. The maximum Gasteiger partial charge on any atom is 0.884 e. The van der Waals surface area contributed by atoms with Crippen LogP contribution in [0, 0.1) is 6.85 Å². The van der Waals surface area contributed by atoms with Gasteiger partial charge < -0.3 is 7.58 Å². The molecule has 0 amide bonds. The third kappa shape index (κ3) is 3.28. The van der Waals surface area contributed by atoms with Crippen LogP contribution in [0.15, 0.2) is 60.7 Å². The van der Waals surface area contributed by atoms with Crippen molar-refractivity contribution >= 4 is 32.8 Å². The quantitative estimate of drug-likeness (QED) is 0.694. The number of carbonyl (C=O) groups excluding carboxylic acids is 1. The van der Waals surface area contributed by atoms with Crippen molar-refractivity contribution in [1.29, 1.82) is 0 Å². The van der Waals surface area contributed by atoms with Crippen molar-refractivity contribution in [2.75, 3.05) is 0 Å². The summed E-state index contributed by atoms with van der Waals surface area (Å²) in [5.74, 6) is -0.0774. The average Bonchev–Trinajstić information content (AvgIpc) is 2.61. The Bertz CT molecular complexity index is 901. The van der Waals surface area contributed by atoms with Gasteiger partial charge in [-0.25, -0.2) is 9.78 Å². The van der Waals surface area contributed by atoms with E-state index in [1.807, 2.05) is 12.1 Å². The lowest BCUT2D eigenvalue weighted by atomic mass is 10.2. The predicted molar refractivity (Wildman–Crippen MR) is 84.7 cm³/mol. The molecule has 3 rings (SSSR count). The molecular weight excluding hydrogens is 293 g/mol. The second kappa shape index (κ2) is 6.61. The van der Waals surface area contributed by atoms with E-state index in [0.717, 1.165) is 5.39 Å². The van der Waals surface area contributed by atoms with E-state index >= 15 is 0 Å². The molecule has 5 heteroatoms. The Kier molecular flexibility index (Phi) is 3.38. The molecule has 0 saturated heterocycles. The van der Waals surface area contributed by atoms with Gasteiger partial charge >= 0.3 is 21.9 Å². The summed E-state index contributed by atoms with van der Waals surface area (Å²) in [6.07, 6.45) is 0. The van der Waals surface area contributed by atoms with Gasteiger partial charge in [0.2, 0.25) is 0 Å². The number of pyridine rings is 1. The molecule has 1 radical (unpaired) electrons. The number of benzene rings is 2. The van der Waals surface area contributed by atoms with Gasteiger partial charge in [0.1, 0.15) is 11.3 Å². The summed E-state index contributed by atoms with van der Waals surface area (Å²) in [6, 6.07) is 17.0. The third-order valence-corrected chi connectivity index (χ3v) is 3.68. The van der Waals surface area contributed by atoms with E-state index in [4.69, 9.17) is 11.7 Å². The summed E-state index contributed by atoms with van der Waals surface area (Å²) in [5, 5.41) is 0.749. The molecule has 0 aliphatic rings. The topological polar surface area (TPSA) is 48.4 Å². The maximum atomic E-state index is 11.9. The van der Waals surface area contributed by atoms with Gasteiger partial charge in [0.05, 0.1) is 5.56 Å². The SMILES string of the molecule is [2H]C([2H])([2H])c1ccc2cccc([O][Al][O]C(=O)c3ccccc3)c2n1. The van der Waals surface area contributed by atoms with Crippen LogP contribution >= 0.6 is 0 Å². The van der Waals surface area contributed by atoms with Gasteiger partial charge in [-0.05, 0) is 31.1 Å². The fourth-order valence-corrected chi connectivity index (χ4v) is 2.54. The fraction of sp³-hybridized carbons (Fsp3) is 0.0588. The minimum absolute atomic E-state index is 0.00710. The molecule has 0 aliphatic carbocycles. The van der Waals surface area contributed by atoms with E-state index in [9.17, 15) is 4.79 Å². The molecule has 0 saturated carbocycles. The standard InChI is InChI=1S/C10H9NO.C7H6O2.Al/c1-7-5-6-8-3-2-4-9(12)10(8)11-7;8-7(9)6-4-2-1-3-5-6;/h2-6,12H,1H3;1-5H,(H,8,9);/q;;+2/p-2/i1D3;;. The van der Waals surface area contributed by atoms with Crippen molar-refractivity contribution in [2.45, 2.75) is 6.85 Å². The van der Waals surface area contributed by atoms with Crippen molar-refractivity contribution in [3.63, 3.8) is 0 Å². The van der Waals surface area contributed by atoms with Gasteiger partial charge in [0, 0.05) is 15.2 Å². The van der Waals surface area contributed by atoms with Crippen LogP contribution in [-0.4, -0.2) is 26.8 Å². The largest absolute Gasteiger partial charge is 0.884 e. The molecule has 1 aromatic heterocycles. The van der Waals surface area contributed by atoms with E-state index in [2.05, 4.69) is 4.98 Å². The maximum absolute atomic E-state index is 11.9. The van der Waals surface area contributed by atoms with Gasteiger partial charge in [-0.2, -0.15) is 0 Å². The zero-order chi connectivity index (χ0) is 17.9. The van der Waals surface area contributed by atoms with Gasteiger partial charge in [0.15, 0.2) is 0 Å². The molecular formula is C17H13AlNO3. The molecule has 22 heavy (non-hydrogen) atoms. The minimum Gasteiger partial charge on any atom is -0.614 e. The first-order valence-corrected chi connectivity index (χ1v) is 7.54. The number of aryl methyl sites for hydroxylation is 1. The number of hydrogen-bond acceptors (Lipinski definition) is 4. The fourth-order valence-electron chi connectivity index (χ4n) is 1.98. The van der Waals surface area contributed by atoms with Crippen molar-refractivity contribution in [3.8, 4) is 5.75 Å². The molecule has 0 N–H and O–H groups in total. The Morgan fingerprint density at radius 3 is 2.77 bits per heavy atom. The van der Waals surface area contributed by atoms with Crippen LogP contribution in [0.2, 0.25) is 0 Å². The summed E-state index contributed by atoms with van der Waals surface area (Å²) in [5.41, 5.74) is 0.867. The normalized spacial score (nSPS) is 12.8. The van der Waals surface area contributed by atoms with Gasteiger partial charge in [-0.3, -0.25) is 0 Å². The van der Waals surface area contributed by atoms with E-state index < -0.39 is 28.7 Å². The summed E-state index contributed by atoms with van der Waals surface area (Å²) >= 11 is -1.11. The number of carbonyl (C=O) groups is 1. The van der Waals surface area contributed by atoms with Gasteiger partial charge in [-0.1, -0.05) is 36.4 Å². The van der Waals surface area contributed by atoms with Crippen LogP contribution in [0.25, 0.3) is 10.9 Å². The third-order valence-electron chi connectivity index (χ3n) is 3.02. The lowest BCUT2D eigenvalue weighted by molar-refractivity contribution is 0.0722. The molecule has 1 heterocycles. The van der Waals surface area contributed by atoms with Gasteiger partial charge in [0.25, 0.3) is 0 Å². The second-order valence-corrected chi connectivity index (χ2v) is 5.17. The number of fused-ring (bicyclic) bond motifs is 1. The summed E-state index contributed by atoms with van der Waals surface area (Å²) in [6.45, 7) is -2.30. The highest BCUT2D eigenvalue weighted by Gasteiger charge is 2.13. The summed E-state index contributed by atoms with van der Waals surface area (Å²) in [7, 11) is 0. The summed E-state index contributed by atoms with van der Waals surface area (Å²) in [4.78, 5) is 16.1. The Balaban J connectivity index is 1.76. The van der Waals surface area contributed by atoms with Crippen molar-refractivity contribution in [2.24, 2.45) is 0 Å². The van der Waals surface area contributed by atoms with E-state index in [1.165, 1.54) is 6.07 Å². The van der Waals surface area contributed by atoms with E-state index in [-0.39, 0.29) is 5.69 Å². The number of hydrogen-bond donors (Lipinski definition) is 0. The lowest BCUT2D eigenvalue weighted by Gasteiger charge is -2.10. The molecule has 0 atom stereocenters. The van der Waals surface area contributed by atoms with Crippen LogP contribution in [0.1, 0.15) is 20.2 Å². The Morgan fingerprint density at radius 2 is 1.95 bits per heavy atom. The Labute approximate surface area is 139 Å². The predicted octanol–water partition coefficient (Wildman–Crippen LogP) is 3.31. The van der Waals surface area contributed by atoms with Crippen molar-refractivity contribution in [3.05, 3.63) is 71.9 Å². The van der Waals surface area contributed by atoms with E-state index in [0.29, 0.717) is 16.8 Å². The van der Waals surface area contributed by atoms with Crippen LogP contribution in [-0.2, 0) is 3.79 Å². The molecule has 0 aliphatic heterocycles. The number of nitrogens with zero attached hydrogens (tertiary/aromatic N) is 1. The van der Waals surface area contributed by atoms with Crippen LogP contribution in [0.4, 0.5) is 0 Å². The van der Waals surface area contributed by atoms with Crippen molar-refractivity contribution < 1.29 is 16.5 Å². The second-order valence-electron chi connectivity index (χ2n) is 4.51. The zero-order valence-corrected chi connectivity index (χ0v) is 12.7. The van der Waals surface area contributed by atoms with Crippen LogP contribution in [0.5, 0.6) is 5.75 Å². The minimum atomic E-state index is -2.30. The highest BCUT2D eigenvalue weighted by Crippen LogP contribution is 2.23. The first-order valence-electron chi connectivity index (χ1n) is 8.10. The molecule has 0 unspecified atom stereocenters. The van der Waals surface area contributed by atoms with E-state index in [1.54, 1.807) is 42.5 Å². The molecule has 107 valence electrons. The lowest BCUT2D eigenvalue weighted by Crippen LogP contribution is -2.14. The number of rotatable bonds is 4. The number of para-hydroxylation sites is 1. The first kappa shape index (κ1) is 11.3. The monoisotopic (exact) mass is 309 g/mol.